The van der Waals surface area contributed by atoms with E-state index in [0.29, 0.717) is 17.3 Å². The van der Waals surface area contributed by atoms with Crippen molar-refractivity contribution in [2.45, 2.75) is 32.9 Å². The lowest BCUT2D eigenvalue weighted by atomic mass is 10.2. The smallest absolute Gasteiger partial charge is 0.412 e. The lowest BCUT2D eigenvalue weighted by Crippen LogP contribution is -2.28. The first-order valence-electron chi connectivity index (χ1n) is 5.54. The maximum Gasteiger partial charge on any atom is 0.412 e. The van der Waals surface area contributed by atoms with E-state index in [9.17, 15) is 4.79 Å². The van der Waals surface area contributed by atoms with E-state index in [1.807, 2.05) is 0 Å². The first kappa shape index (κ1) is 14.8. The molecule has 0 radical (unpaired) electrons. The Hall–Kier alpha value is -1.30. The Bertz CT molecular complexity index is 430. The summed E-state index contributed by atoms with van der Waals surface area (Å²) in [5, 5.41) is 3.24. The second-order valence-corrected chi connectivity index (χ2v) is 5.25. The van der Waals surface area contributed by atoms with Crippen LogP contribution < -0.4 is 16.6 Å². The number of ether oxygens (including phenoxy) is 1. The van der Waals surface area contributed by atoms with Gasteiger partial charge < -0.3 is 4.74 Å². The quantitative estimate of drug-likeness (QED) is 0.583. The van der Waals surface area contributed by atoms with Crippen LogP contribution in [0.1, 0.15) is 26.3 Å². The van der Waals surface area contributed by atoms with Gasteiger partial charge in [0, 0.05) is 17.3 Å². The molecule has 0 heterocycles. The van der Waals surface area contributed by atoms with Gasteiger partial charge in [0.1, 0.15) is 5.60 Å². The zero-order chi connectivity index (χ0) is 13.8. The van der Waals surface area contributed by atoms with Crippen molar-refractivity contribution in [1.82, 2.24) is 5.43 Å². The predicted molar refractivity (Wildman–Crippen MR) is 72.3 cm³/mol. The highest BCUT2D eigenvalue weighted by atomic mass is 35.5. The van der Waals surface area contributed by atoms with Crippen LogP contribution in [0.3, 0.4) is 0 Å². The first-order valence-corrected chi connectivity index (χ1v) is 5.91. The number of nitrogens with two attached hydrogens (primary N) is 1. The van der Waals surface area contributed by atoms with E-state index in [-0.39, 0.29) is 0 Å². The number of anilines is 1. The van der Waals surface area contributed by atoms with Gasteiger partial charge in [0.15, 0.2) is 0 Å². The molecule has 6 heteroatoms. The van der Waals surface area contributed by atoms with Gasteiger partial charge in [-0.25, -0.2) is 4.79 Å². The Morgan fingerprint density at radius 2 is 2.11 bits per heavy atom. The van der Waals surface area contributed by atoms with Gasteiger partial charge >= 0.3 is 6.09 Å². The van der Waals surface area contributed by atoms with Crippen molar-refractivity contribution in [2.24, 2.45) is 5.84 Å². The van der Waals surface area contributed by atoms with Gasteiger partial charge in [-0.05, 0) is 44.5 Å². The number of amides is 1. The summed E-state index contributed by atoms with van der Waals surface area (Å²) in [6.07, 6.45) is -0.511. The fraction of sp³-hybridized carbons (Fsp3) is 0.417. The number of hydrogen-bond donors (Lipinski definition) is 3. The van der Waals surface area contributed by atoms with Crippen molar-refractivity contribution in [2.75, 3.05) is 5.32 Å². The molecular formula is C12H18ClN3O2. The van der Waals surface area contributed by atoms with Gasteiger partial charge in [-0.1, -0.05) is 11.6 Å². The summed E-state index contributed by atoms with van der Waals surface area (Å²) in [5.41, 5.74) is 3.39. The Morgan fingerprint density at radius 1 is 1.44 bits per heavy atom. The topological polar surface area (TPSA) is 76.4 Å². The van der Waals surface area contributed by atoms with Crippen molar-refractivity contribution >= 4 is 23.4 Å². The average molecular weight is 272 g/mol. The molecule has 0 bridgehead atoms. The second kappa shape index (κ2) is 6.04. The van der Waals surface area contributed by atoms with E-state index in [2.05, 4.69) is 10.7 Å². The van der Waals surface area contributed by atoms with Crippen LogP contribution in [-0.4, -0.2) is 11.7 Å². The molecule has 1 aromatic rings. The number of rotatable bonds is 3. The van der Waals surface area contributed by atoms with Crippen molar-refractivity contribution in [3.05, 3.63) is 28.8 Å². The van der Waals surface area contributed by atoms with Crippen LogP contribution in [0.25, 0.3) is 0 Å². The van der Waals surface area contributed by atoms with E-state index in [4.69, 9.17) is 22.2 Å². The third kappa shape index (κ3) is 4.91. The number of nitrogens with one attached hydrogen (secondary N) is 2. The van der Waals surface area contributed by atoms with Gasteiger partial charge in [-0.15, -0.1) is 0 Å². The van der Waals surface area contributed by atoms with Crippen LogP contribution in [0.5, 0.6) is 0 Å². The summed E-state index contributed by atoms with van der Waals surface area (Å²) in [4.78, 5) is 11.7. The standard InChI is InChI=1S/C12H18ClN3O2/c1-12(2,3)18-11(17)16-10-5-4-9(13)6-8(10)7-15-14/h4-6,15H,7,14H2,1-3H3,(H,16,17). The number of halogens is 1. The van der Waals surface area contributed by atoms with E-state index in [1.165, 1.54) is 0 Å². The molecule has 18 heavy (non-hydrogen) atoms. The zero-order valence-corrected chi connectivity index (χ0v) is 11.5. The molecule has 1 aromatic carbocycles. The molecule has 0 atom stereocenters. The summed E-state index contributed by atoms with van der Waals surface area (Å²) < 4.78 is 5.17. The molecule has 0 aromatic heterocycles. The minimum Gasteiger partial charge on any atom is -0.444 e. The fourth-order valence-electron chi connectivity index (χ4n) is 1.35. The molecule has 5 nitrogen and oxygen atoms in total. The van der Waals surface area contributed by atoms with E-state index >= 15 is 0 Å². The number of benzene rings is 1. The predicted octanol–water partition coefficient (Wildman–Crippen LogP) is 2.65. The number of carbonyl (C=O) groups is 1. The molecule has 1 amide bonds. The van der Waals surface area contributed by atoms with Crippen LogP contribution in [0, 0.1) is 0 Å². The van der Waals surface area contributed by atoms with Crippen LogP contribution in [-0.2, 0) is 11.3 Å². The zero-order valence-electron chi connectivity index (χ0n) is 10.7. The molecule has 0 aliphatic carbocycles. The molecule has 100 valence electrons. The summed E-state index contributed by atoms with van der Waals surface area (Å²) >= 11 is 5.88. The monoisotopic (exact) mass is 271 g/mol. The molecule has 0 saturated heterocycles. The van der Waals surface area contributed by atoms with Crippen LogP contribution in [0.4, 0.5) is 10.5 Å². The Labute approximate surface area is 112 Å². The summed E-state index contributed by atoms with van der Waals surface area (Å²) in [5.74, 6) is 5.28. The van der Waals surface area contributed by atoms with Crippen LogP contribution >= 0.6 is 11.6 Å². The molecule has 0 unspecified atom stereocenters. The van der Waals surface area contributed by atoms with Crippen LogP contribution in [0.15, 0.2) is 18.2 Å². The summed E-state index contributed by atoms with van der Waals surface area (Å²) in [6, 6.07) is 5.13. The normalized spacial score (nSPS) is 11.2. The van der Waals surface area contributed by atoms with Gasteiger partial charge in [0.25, 0.3) is 0 Å². The number of carbonyl (C=O) groups excluding carboxylic acids is 1. The highest BCUT2D eigenvalue weighted by molar-refractivity contribution is 6.30. The van der Waals surface area contributed by atoms with Gasteiger partial charge in [0.05, 0.1) is 0 Å². The molecule has 0 saturated carbocycles. The number of hydrazine groups is 1. The van der Waals surface area contributed by atoms with E-state index in [1.54, 1.807) is 39.0 Å². The molecule has 0 aliphatic heterocycles. The fourth-order valence-corrected chi connectivity index (χ4v) is 1.55. The molecule has 0 fully saturated rings. The Balaban J connectivity index is 2.80. The minimum absolute atomic E-state index is 0.395. The lowest BCUT2D eigenvalue weighted by molar-refractivity contribution is 0.0636. The molecular weight excluding hydrogens is 254 g/mol. The van der Waals surface area contributed by atoms with Crippen molar-refractivity contribution in [3.63, 3.8) is 0 Å². The Morgan fingerprint density at radius 3 is 2.67 bits per heavy atom. The second-order valence-electron chi connectivity index (χ2n) is 4.81. The van der Waals surface area contributed by atoms with Gasteiger partial charge in [-0.2, -0.15) is 0 Å². The lowest BCUT2D eigenvalue weighted by Gasteiger charge is -2.20. The largest absolute Gasteiger partial charge is 0.444 e. The SMILES string of the molecule is CC(C)(C)OC(=O)Nc1ccc(Cl)cc1CNN. The van der Waals surface area contributed by atoms with Crippen molar-refractivity contribution in [1.29, 1.82) is 0 Å². The van der Waals surface area contributed by atoms with Crippen molar-refractivity contribution in [3.8, 4) is 0 Å². The third-order valence-corrected chi connectivity index (χ3v) is 2.23. The maximum atomic E-state index is 11.7. The summed E-state index contributed by atoms with van der Waals surface area (Å²) in [7, 11) is 0. The third-order valence-electron chi connectivity index (χ3n) is 2.00. The van der Waals surface area contributed by atoms with Crippen molar-refractivity contribution < 1.29 is 9.53 Å². The molecule has 0 spiro atoms. The van der Waals surface area contributed by atoms with E-state index in [0.717, 1.165) is 5.56 Å². The van der Waals surface area contributed by atoms with E-state index < -0.39 is 11.7 Å². The average Bonchev–Trinajstić information content (AvgIpc) is 2.20. The summed E-state index contributed by atoms with van der Waals surface area (Å²) in [6.45, 7) is 5.80. The highest BCUT2D eigenvalue weighted by Gasteiger charge is 2.17. The van der Waals surface area contributed by atoms with Gasteiger partial charge in [0.2, 0.25) is 0 Å². The first-order chi connectivity index (χ1) is 8.31. The molecule has 0 aliphatic rings. The number of hydrogen-bond acceptors (Lipinski definition) is 4. The minimum atomic E-state index is -0.539. The van der Waals surface area contributed by atoms with Gasteiger partial charge in [-0.3, -0.25) is 16.6 Å². The Kier molecular flexibility index (Phi) is 4.95. The molecule has 4 N–H and O–H groups in total. The molecule has 1 rings (SSSR count). The highest BCUT2D eigenvalue weighted by Crippen LogP contribution is 2.21. The van der Waals surface area contributed by atoms with Crippen LogP contribution in [0.2, 0.25) is 5.02 Å². The maximum absolute atomic E-state index is 11.7.